The molecule has 3 rings (SSSR count). The summed E-state index contributed by atoms with van der Waals surface area (Å²) in [5, 5.41) is 4.81. The number of ether oxygens (including phenoxy) is 1. The van der Waals surface area contributed by atoms with Crippen molar-refractivity contribution in [3.05, 3.63) is 65.4 Å². The van der Waals surface area contributed by atoms with E-state index in [4.69, 9.17) is 27.9 Å². The van der Waals surface area contributed by atoms with Crippen molar-refractivity contribution in [3.63, 3.8) is 0 Å². The van der Waals surface area contributed by atoms with Gasteiger partial charge in [0.1, 0.15) is 10.9 Å². The van der Waals surface area contributed by atoms with Gasteiger partial charge in [-0.15, -0.1) is 11.6 Å². The summed E-state index contributed by atoms with van der Waals surface area (Å²) in [6.45, 7) is 0. The minimum atomic E-state index is 0.348. The normalized spacial score (nSPS) is 10.7. The second-order valence-electron chi connectivity index (χ2n) is 4.78. The number of rotatable bonds is 4. The molecule has 1 aromatic heterocycles. The van der Waals surface area contributed by atoms with E-state index >= 15 is 0 Å². The lowest BCUT2D eigenvalue weighted by atomic mass is 10.1. The predicted molar refractivity (Wildman–Crippen MR) is 90.1 cm³/mol. The zero-order chi connectivity index (χ0) is 15.5. The molecule has 2 aromatic carbocycles. The molecule has 1 heterocycles. The number of nitrogens with zero attached hydrogens (tertiary/aromatic N) is 2. The van der Waals surface area contributed by atoms with Gasteiger partial charge in [0.05, 0.1) is 24.9 Å². The molecule has 0 amide bonds. The number of aromatic nitrogens is 2. The highest BCUT2D eigenvalue weighted by Gasteiger charge is 2.09. The number of hydrogen-bond acceptors (Lipinski definition) is 2. The smallest absolute Gasteiger partial charge is 0.137 e. The van der Waals surface area contributed by atoms with Gasteiger partial charge in [-0.2, -0.15) is 5.10 Å². The van der Waals surface area contributed by atoms with Crippen LogP contribution in [-0.4, -0.2) is 16.9 Å². The van der Waals surface area contributed by atoms with Crippen molar-refractivity contribution in [1.82, 2.24) is 9.78 Å². The van der Waals surface area contributed by atoms with Gasteiger partial charge in [0.15, 0.2) is 0 Å². The maximum Gasteiger partial charge on any atom is 0.137 e. The van der Waals surface area contributed by atoms with Crippen LogP contribution in [0, 0.1) is 0 Å². The Morgan fingerprint density at radius 3 is 2.50 bits per heavy atom. The van der Waals surface area contributed by atoms with Crippen LogP contribution in [0.15, 0.2) is 54.7 Å². The van der Waals surface area contributed by atoms with Gasteiger partial charge in [0, 0.05) is 5.56 Å². The van der Waals surface area contributed by atoms with E-state index in [1.54, 1.807) is 18.0 Å². The summed E-state index contributed by atoms with van der Waals surface area (Å²) < 4.78 is 6.93. The first-order valence-electron chi connectivity index (χ1n) is 6.76. The summed E-state index contributed by atoms with van der Waals surface area (Å²) in [5.41, 5.74) is 3.91. The number of benzene rings is 2. The third-order valence-electron chi connectivity index (χ3n) is 3.44. The molecule has 0 spiro atoms. The minimum absolute atomic E-state index is 0.348. The molecule has 0 aliphatic heterocycles. The third kappa shape index (κ3) is 2.82. The van der Waals surface area contributed by atoms with Crippen molar-refractivity contribution < 1.29 is 4.74 Å². The van der Waals surface area contributed by atoms with E-state index in [1.165, 1.54) is 0 Å². The van der Waals surface area contributed by atoms with E-state index in [9.17, 15) is 0 Å². The third-order valence-corrected chi connectivity index (χ3v) is 4.13. The second kappa shape index (κ2) is 6.42. The molecule has 3 aromatic rings. The minimum Gasteiger partial charge on any atom is -0.497 e. The van der Waals surface area contributed by atoms with Crippen molar-refractivity contribution >= 4 is 23.2 Å². The zero-order valence-electron chi connectivity index (χ0n) is 12.0. The first-order chi connectivity index (χ1) is 10.7. The van der Waals surface area contributed by atoms with Crippen molar-refractivity contribution in [2.75, 3.05) is 7.11 Å². The van der Waals surface area contributed by atoms with Crippen LogP contribution in [0.2, 0.25) is 5.15 Å². The Balaban J connectivity index is 1.93. The van der Waals surface area contributed by atoms with Crippen molar-refractivity contribution in [1.29, 1.82) is 0 Å². The number of hydrogen-bond donors (Lipinski definition) is 0. The topological polar surface area (TPSA) is 27.1 Å². The highest BCUT2D eigenvalue weighted by Crippen LogP contribution is 2.26. The summed E-state index contributed by atoms with van der Waals surface area (Å²) >= 11 is 12.1. The number of halogens is 2. The molecule has 0 unspecified atom stereocenters. The number of methoxy groups -OCH3 is 1. The quantitative estimate of drug-likeness (QED) is 0.632. The van der Waals surface area contributed by atoms with E-state index in [0.29, 0.717) is 11.0 Å². The molecule has 0 radical (unpaired) electrons. The van der Waals surface area contributed by atoms with Gasteiger partial charge in [0.25, 0.3) is 0 Å². The Bertz CT molecular complexity index is 782. The van der Waals surface area contributed by atoms with Crippen molar-refractivity contribution in [2.24, 2.45) is 0 Å². The molecule has 0 aliphatic carbocycles. The van der Waals surface area contributed by atoms with Gasteiger partial charge in [-0.05, 0) is 35.4 Å². The molecule has 0 N–H and O–H groups in total. The van der Waals surface area contributed by atoms with Gasteiger partial charge in [0.2, 0.25) is 0 Å². The highest BCUT2D eigenvalue weighted by molar-refractivity contribution is 6.31. The molecule has 0 saturated heterocycles. The summed E-state index contributed by atoms with van der Waals surface area (Å²) in [5.74, 6) is 1.18. The Hall–Kier alpha value is -1.97. The molecular weight excluding hydrogens is 319 g/mol. The van der Waals surface area contributed by atoms with Gasteiger partial charge in [-0.1, -0.05) is 35.9 Å². The molecule has 0 aliphatic rings. The Kier molecular flexibility index (Phi) is 4.36. The lowest BCUT2D eigenvalue weighted by Crippen LogP contribution is -1.96. The Morgan fingerprint density at radius 1 is 1.09 bits per heavy atom. The SMILES string of the molecule is COc1cccc(-c2ccc(-n3ncc(CCl)c3Cl)cc2)c1. The van der Waals surface area contributed by atoms with Gasteiger partial charge in [-0.3, -0.25) is 0 Å². The first-order valence-corrected chi connectivity index (χ1v) is 7.67. The Morgan fingerprint density at radius 2 is 1.86 bits per heavy atom. The lowest BCUT2D eigenvalue weighted by Gasteiger charge is -2.07. The van der Waals surface area contributed by atoms with Crippen LogP contribution in [0.5, 0.6) is 5.75 Å². The molecule has 112 valence electrons. The average molecular weight is 333 g/mol. The summed E-state index contributed by atoms with van der Waals surface area (Å²) in [6.07, 6.45) is 1.69. The van der Waals surface area contributed by atoms with Crippen LogP contribution in [-0.2, 0) is 5.88 Å². The van der Waals surface area contributed by atoms with E-state index in [-0.39, 0.29) is 0 Å². The first kappa shape index (κ1) is 14.9. The predicted octanol–water partition coefficient (Wildman–Crippen LogP) is 4.94. The molecule has 0 fully saturated rings. The van der Waals surface area contributed by atoms with Crippen LogP contribution >= 0.6 is 23.2 Å². The lowest BCUT2D eigenvalue weighted by molar-refractivity contribution is 0.415. The van der Waals surface area contributed by atoms with E-state index in [2.05, 4.69) is 5.10 Å². The fourth-order valence-corrected chi connectivity index (χ4v) is 2.76. The summed E-state index contributed by atoms with van der Waals surface area (Å²) in [6, 6.07) is 16.0. The fourth-order valence-electron chi connectivity index (χ4n) is 2.23. The van der Waals surface area contributed by atoms with Gasteiger partial charge >= 0.3 is 0 Å². The second-order valence-corrected chi connectivity index (χ2v) is 5.41. The monoisotopic (exact) mass is 332 g/mol. The summed E-state index contributed by atoms with van der Waals surface area (Å²) in [7, 11) is 1.66. The molecule has 22 heavy (non-hydrogen) atoms. The molecular formula is C17H14Cl2N2O. The molecule has 0 saturated carbocycles. The largest absolute Gasteiger partial charge is 0.497 e. The number of alkyl halides is 1. The van der Waals surface area contributed by atoms with Gasteiger partial charge in [-0.25, -0.2) is 4.68 Å². The van der Waals surface area contributed by atoms with Crippen LogP contribution in [0.25, 0.3) is 16.8 Å². The van der Waals surface area contributed by atoms with Gasteiger partial charge < -0.3 is 4.74 Å². The maximum atomic E-state index is 6.25. The van der Waals surface area contributed by atoms with Crippen LogP contribution in [0.3, 0.4) is 0 Å². The molecule has 0 atom stereocenters. The molecule has 5 heteroatoms. The molecule has 0 bridgehead atoms. The Labute approximate surface area is 139 Å². The zero-order valence-corrected chi connectivity index (χ0v) is 13.5. The van der Waals surface area contributed by atoms with Crippen LogP contribution in [0.1, 0.15) is 5.56 Å². The highest BCUT2D eigenvalue weighted by atomic mass is 35.5. The van der Waals surface area contributed by atoms with E-state index in [1.807, 2.05) is 48.5 Å². The standard InChI is InChI=1S/C17H14Cl2N2O/c1-22-16-4-2-3-13(9-16)12-5-7-15(8-6-12)21-17(19)14(10-18)11-20-21/h2-9,11H,10H2,1H3. The summed E-state index contributed by atoms with van der Waals surface area (Å²) in [4.78, 5) is 0. The van der Waals surface area contributed by atoms with Crippen molar-refractivity contribution in [2.45, 2.75) is 5.88 Å². The average Bonchev–Trinajstić information content (AvgIpc) is 2.96. The maximum absolute atomic E-state index is 6.25. The van der Waals surface area contributed by atoms with E-state index in [0.717, 1.165) is 28.1 Å². The van der Waals surface area contributed by atoms with Crippen LogP contribution < -0.4 is 4.74 Å². The molecule has 3 nitrogen and oxygen atoms in total. The fraction of sp³-hybridized carbons (Fsp3) is 0.118. The van der Waals surface area contributed by atoms with Crippen molar-refractivity contribution in [3.8, 4) is 22.6 Å². The van der Waals surface area contributed by atoms with E-state index < -0.39 is 0 Å². The van der Waals surface area contributed by atoms with Crippen LogP contribution in [0.4, 0.5) is 0 Å².